The van der Waals surface area contributed by atoms with Crippen molar-refractivity contribution in [3.8, 4) is 0 Å². The van der Waals surface area contributed by atoms with Crippen LogP contribution in [0.5, 0.6) is 0 Å². The van der Waals surface area contributed by atoms with Crippen molar-refractivity contribution in [2.75, 3.05) is 0 Å². The summed E-state index contributed by atoms with van der Waals surface area (Å²) in [4.78, 5) is 22.0. The van der Waals surface area contributed by atoms with E-state index in [1.807, 2.05) is 26.8 Å². The summed E-state index contributed by atoms with van der Waals surface area (Å²) in [6.45, 7) is 5.85. The Kier molecular flexibility index (Phi) is 6.11. The topological polar surface area (TPSA) is 34.1 Å². The van der Waals surface area contributed by atoms with Gasteiger partial charge in [-0.05, 0) is 12.0 Å². The van der Waals surface area contributed by atoms with E-state index in [1.165, 1.54) is 0 Å². The van der Waals surface area contributed by atoms with Gasteiger partial charge in [-0.2, -0.15) is 0 Å². The number of allylic oxidation sites excluding steroid dienone is 2. The maximum Gasteiger partial charge on any atom is 0.155 e. The summed E-state index contributed by atoms with van der Waals surface area (Å²) in [5, 5.41) is 0. The number of hydrogen-bond acceptors (Lipinski definition) is 2. The molecule has 0 fully saturated rings. The van der Waals surface area contributed by atoms with E-state index in [1.54, 1.807) is 6.08 Å². The first-order chi connectivity index (χ1) is 6.06. The third-order valence-electron chi connectivity index (χ3n) is 1.71. The highest BCUT2D eigenvalue weighted by Crippen LogP contribution is 1.99. The average Bonchev–Trinajstić information content (AvgIpc) is 2.10. The van der Waals surface area contributed by atoms with Gasteiger partial charge < -0.3 is 0 Å². The minimum atomic E-state index is 0.0514. The SMILES string of the molecule is CCC(=O)CCC(=O)/C=C/C(C)C. The van der Waals surface area contributed by atoms with Crippen molar-refractivity contribution in [2.45, 2.75) is 40.0 Å². The molecule has 0 aromatic heterocycles. The van der Waals surface area contributed by atoms with Gasteiger partial charge in [0.2, 0.25) is 0 Å². The number of ketones is 2. The lowest BCUT2D eigenvalue weighted by atomic mass is 10.1. The van der Waals surface area contributed by atoms with Crippen LogP contribution in [0.25, 0.3) is 0 Å². The molecule has 0 aromatic carbocycles. The molecule has 0 bridgehead atoms. The molecule has 2 nitrogen and oxygen atoms in total. The molecule has 13 heavy (non-hydrogen) atoms. The summed E-state index contributed by atoms with van der Waals surface area (Å²) >= 11 is 0. The van der Waals surface area contributed by atoms with Gasteiger partial charge in [0.05, 0.1) is 0 Å². The van der Waals surface area contributed by atoms with Crippen molar-refractivity contribution in [1.29, 1.82) is 0 Å². The van der Waals surface area contributed by atoms with Crippen LogP contribution in [0.3, 0.4) is 0 Å². The second-order valence-electron chi connectivity index (χ2n) is 3.46. The van der Waals surface area contributed by atoms with Gasteiger partial charge in [-0.25, -0.2) is 0 Å². The Morgan fingerprint density at radius 3 is 2.31 bits per heavy atom. The number of Topliss-reactive ketones (excluding diaryl/α,β-unsaturated/α-hetero) is 1. The number of carbonyl (C=O) groups excluding carboxylic acids is 2. The van der Waals surface area contributed by atoms with Gasteiger partial charge in [-0.3, -0.25) is 9.59 Å². The third-order valence-corrected chi connectivity index (χ3v) is 1.71. The molecule has 0 aliphatic carbocycles. The van der Waals surface area contributed by atoms with Crippen molar-refractivity contribution in [1.82, 2.24) is 0 Å². The lowest BCUT2D eigenvalue weighted by Crippen LogP contribution is -2.00. The smallest absolute Gasteiger partial charge is 0.155 e. The monoisotopic (exact) mass is 182 g/mol. The second kappa shape index (κ2) is 6.58. The van der Waals surface area contributed by atoms with Gasteiger partial charge in [0.25, 0.3) is 0 Å². The Bertz CT molecular complexity index is 202. The van der Waals surface area contributed by atoms with Gasteiger partial charge in [0.15, 0.2) is 5.78 Å². The maximum atomic E-state index is 11.1. The second-order valence-corrected chi connectivity index (χ2v) is 3.46. The summed E-state index contributed by atoms with van der Waals surface area (Å²) in [5.74, 6) is 0.604. The van der Waals surface area contributed by atoms with Gasteiger partial charge in [0, 0.05) is 19.3 Å². The van der Waals surface area contributed by atoms with Crippen LogP contribution < -0.4 is 0 Å². The van der Waals surface area contributed by atoms with E-state index < -0.39 is 0 Å². The normalized spacial score (nSPS) is 11.1. The van der Waals surface area contributed by atoms with Crippen LogP contribution in [0.2, 0.25) is 0 Å². The van der Waals surface area contributed by atoms with Crippen LogP contribution in [-0.2, 0) is 9.59 Å². The molecule has 0 heterocycles. The highest BCUT2D eigenvalue weighted by Gasteiger charge is 2.02. The van der Waals surface area contributed by atoms with Crippen molar-refractivity contribution >= 4 is 11.6 Å². The first-order valence-electron chi connectivity index (χ1n) is 4.79. The van der Waals surface area contributed by atoms with Crippen molar-refractivity contribution in [2.24, 2.45) is 5.92 Å². The molecule has 0 saturated heterocycles. The molecule has 2 heteroatoms. The summed E-state index contributed by atoms with van der Waals surface area (Å²) in [7, 11) is 0. The lowest BCUT2D eigenvalue weighted by molar-refractivity contribution is -0.122. The molecule has 74 valence electrons. The molecule has 0 aromatic rings. The predicted octanol–water partition coefficient (Wildman–Crippen LogP) is 2.53. The minimum Gasteiger partial charge on any atom is -0.300 e. The largest absolute Gasteiger partial charge is 0.300 e. The third kappa shape index (κ3) is 7.44. The molecule has 0 aliphatic rings. The van der Waals surface area contributed by atoms with E-state index in [9.17, 15) is 9.59 Å². The van der Waals surface area contributed by atoms with Gasteiger partial charge in [-0.15, -0.1) is 0 Å². The maximum absolute atomic E-state index is 11.1. The zero-order valence-electron chi connectivity index (χ0n) is 8.67. The average molecular weight is 182 g/mol. The molecule has 0 amide bonds. The van der Waals surface area contributed by atoms with Crippen LogP contribution in [-0.4, -0.2) is 11.6 Å². The summed E-state index contributed by atoms with van der Waals surface area (Å²) in [5.41, 5.74) is 0. The highest BCUT2D eigenvalue weighted by atomic mass is 16.1. The molecule has 0 saturated carbocycles. The quantitative estimate of drug-likeness (QED) is 0.591. The van der Waals surface area contributed by atoms with E-state index in [-0.39, 0.29) is 11.6 Å². The van der Waals surface area contributed by atoms with E-state index in [4.69, 9.17) is 0 Å². The van der Waals surface area contributed by atoms with Crippen LogP contribution in [0.15, 0.2) is 12.2 Å². The first kappa shape index (κ1) is 12.1. The van der Waals surface area contributed by atoms with Gasteiger partial charge >= 0.3 is 0 Å². The molecular weight excluding hydrogens is 164 g/mol. The number of rotatable bonds is 6. The molecule has 0 aliphatic heterocycles. The number of carbonyl (C=O) groups is 2. The molecular formula is C11H18O2. The van der Waals surface area contributed by atoms with E-state index in [2.05, 4.69) is 0 Å². The lowest BCUT2D eigenvalue weighted by Gasteiger charge is -1.95. The summed E-state index contributed by atoms with van der Waals surface area (Å²) in [6.07, 6.45) is 4.71. The Balaban J connectivity index is 3.70. The Labute approximate surface area is 80.0 Å². The number of hydrogen-bond donors (Lipinski definition) is 0. The van der Waals surface area contributed by atoms with Crippen LogP contribution in [0.1, 0.15) is 40.0 Å². The minimum absolute atomic E-state index is 0.0514. The molecule has 0 N–H and O–H groups in total. The Hall–Kier alpha value is -0.920. The van der Waals surface area contributed by atoms with Crippen molar-refractivity contribution in [3.05, 3.63) is 12.2 Å². The molecule has 0 unspecified atom stereocenters. The van der Waals surface area contributed by atoms with Crippen LogP contribution in [0.4, 0.5) is 0 Å². The van der Waals surface area contributed by atoms with E-state index in [0.29, 0.717) is 25.2 Å². The highest BCUT2D eigenvalue weighted by molar-refractivity contribution is 5.92. The van der Waals surface area contributed by atoms with Gasteiger partial charge in [0.1, 0.15) is 5.78 Å². The summed E-state index contributed by atoms with van der Waals surface area (Å²) < 4.78 is 0. The molecule has 0 atom stereocenters. The van der Waals surface area contributed by atoms with Crippen LogP contribution in [0, 0.1) is 5.92 Å². The fraction of sp³-hybridized carbons (Fsp3) is 0.636. The Morgan fingerprint density at radius 1 is 1.23 bits per heavy atom. The van der Waals surface area contributed by atoms with E-state index >= 15 is 0 Å². The van der Waals surface area contributed by atoms with E-state index in [0.717, 1.165) is 0 Å². The Morgan fingerprint density at radius 2 is 1.85 bits per heavy atom. The predicted molar refractivity (Wildman–Crippen MR) is 53.5 cm³/mol. The zero-order chi connectivity index (χ0) is 10.3. The van der Waals surface area contributed by atoms with Crippen molar-refractivity contribution < 1.29 is 9.59 Å². The standard InChI is InChI=1S/C11H18O2/c1-4-10(12)7-8-11(13)6-5-9(2)3/h5-6,9H,4,7-8H2,1-3H3/b6-5+. The van der Waals surface area contributed by atoms with Crippen LogP contribution >= 0.6 is 0 Å². The fourth-order valence-corrected chi connectivity index (χ4v) is 0.823. The van der Waals surface area contributed by atoms with Gasteiger partial charge in [-0.1, -0.05) is 26.8 Å². The molecule has 0 radical (unpaired) electrons. The summed E-state index contributed by atoms with van der Waals surface area (Å²) in [6, 6.07) is 0. The fourth-order valence-electron chi connectivity index (χ4n) is 0.823. The molecule has 0 spiro atoms. The first-order valence-corrected chi connectivity index (χ1v) is 4.79. The van der Waals surface area contributed by atoms with Crippen molar-refractivity contribution in [3.63, 3.8) is 0 Å². The molecule has 0 rings (SSSR count). The zero-order valence-corrected chi connectivity index (χ0v) is 8.67.